The molecule has 5 nitrogen and oxygen atoms in total. The molecule has 1 fully saturated rings. The van der Waals surface area contributed by atoms with Crippen molar-refractivity contribution in [2.75, 3.05) is 27.2 Å². The van der Waals surface area contributed by atoms with Gasteiger partial charge < -0.3 is 4.52 Å². The Kier molecular flexibility index (Phi) is 2.12. The highest BCUT2D eigenvalue weighted by Gasteiger charge is 2.37. The summed E-state index contributed by atoms with van der Waals surface area (Å²) in [7, 11) is 0.584. The van der Waals surface area contributed by atoms with Crippen molar-refractivity contribution in [3.63, 3.8) is 0 Å². The Hall–Kier alpha value is 0.0700. The van der Waals surface area contributed by atoms with Crippen molar-refractivity contribution < 1.29 is 9.09 Å². The van der Waals surface area contributed by atoms with E-state index >= 15 is 0 Å². The fourth-order valence-corrected chi connectivity index (χ4v) is 2.29. The predicted octanol–water partition coefficient (Wildman–Crippen LogP) is -0.138. The summed E-state index contributed by atoms with van der Waals surface area (Å²) < 4.78 is 19.3. The van der Waals surface area contributed by atoms with Gasteiger partial charge in [-0.1, -0.05) is 0 Å². The molecule has 0 aromatic carbocycles. The zero-order valence-electron chi connectivity index (χ0n) is 6.15. The first-order valence-electron chi connectivity index (χ1n) is 3.02. The highest BCUT2D eigenvalue weighted by molar-refractivity contribution is 7.54. The molecule has 0 amide bonds. The molecule has 0 spiro atoms. The van der Waals surface area contributed by atoms with Gasteiger partial charge in [-0.25, -0.2) is 4.67 Å². The van der Waals surface area contributed by atoms with Crippen LogP contribution in [0.1, 0.15) is 0 Å². The summed E-state index contributed by atoms with van der Waals surface area (Å²) in [6, 6.07) is 0. The van der Waals surface area contributed by atoms with Crippen molar-refractivity contribution >= 4 is 7.67 Å². The minimum Gasteiger partial charge on any atom is -0.304 e. The van der Waals surface area contributed by atoms with Crippen LogP contribution in [-0.2, 0) is 9.09 Å². The number of hydrogen-bond acceptors (Lipinski definition) is 3. The normalized spacial score (nSPS) is 35.6. The second kappa shape index (κ2) is 2.60. The van der Waals surface area contributed by atoms with Crippen LogP contribution < -0.4 is 5.84 Å². The van der Waals surface area contributed by atoms with Crippen LogP contribution in [0, 0.1) is 0 Å². The number of nitrogens with two attached hydrogens (primary N) is 1. The molecule has 6 heteroatoms. The molecular weight excluding hydrogens is 153 g/mol. The lowest BCUT2D eigenvalue weighted by Crippen LogP contribution is -2.29. The van der Waals surface area contributed by atoms with Gasteiger partial charge >= 0.3 is 7.67 Å². The Morgan fingerprint density at radius 1 is 1.70 bits per heavy atom. The second-order valence-electron chi connectivity index (χ2n) is 2.33. The number of hydrazine groups is 1. The molecular formula is C4H12N3O2P. The van der Waals surface area contributed by atoms with E-state index in [2.05, 4.69) is 0 Å². The molecule has 2 N–H and O–H groups in total. The van der Waals surface area contributed by atoms with E-state index in [0.29, 0.717) is 13.2 Å². The topological polar surface area (TPSA) is 58.8 Å². The van der Waals surface area contributed by atoms with Crippen molar-refractivity contribution in [3.8, 4) is 0 Å². The van der Waals surface area contributed by atoms with Crippen LogP contribution in [0.15, 0.2) is 0 Å². The van der Waals surface area contributed by atoms with Gasteiger partial charge in [-0.15, -0.1) is 0 Å². The van der Waals surface area contributed by atoms with Gasteiger partial charge in [-0.3, -0.25) is 10.4 Å². The van der Waals surface area contributed by atoms with Gasteiger partial charge in [0.25, 0.3) is 0 Å². The molecule has 0 bridgehead atoms. The van der Waals surface area contributed by atoms with Gasteiger partial charge in [0, 0.05) is 6.54 Å². The van der Waals surface area contributed by atoms with E-state index in [9.17, 15) is 4.57 Å². The molecule has 0 radical (unpaired) electrons. The van der Waals surface area contributed by atoms with E-state index in [4.69, 9.17) is 10.4 Å². The van der Waals surface area contributed by atoms with E-state index in [1.807, 2.05) is 0 Å². The maximum Gasteiger partial charge on any atom is 0.358 e. The van der Waals surface area contributed by atoms with Gasteiger partial charge in [0.2, 0.25) is 0 Å². The molecule has 0 saturated carbocycles. The van der Waals surface area contributed by atoms with Crippen molar-refractivity contribution in [2.45, 2.75) is 0 Å². The molecule has 60 valence electrons. The van der Waals surface area contributed by atoms with Crippen molar-refractivity contribution in [1.29, 1.82) is 0 Å². The quantitative estimate of drug-likeness (QED) is 0.433. The lowest BCUT2D eigenvalue weighted by Gasteiger charge is -2.23. The van der Waals surface area contributed by atoms with Crippen molar-refractivity contribution in [1.82, 2.24) is 9.45 Å². The third kappa shape index (κ3) is 1.11. The summed E-state index contributed by atoms with van der Waals surface area (Å²) in [6.07, 6.45) is 0. The molecule has 1 aliphatic heterocycles. The minimum atomic E-state index is -2.79. The third-order valence-corrected chi connectivity index (χ3v) is 3.79. The van der Waals surface area contributed by atoms with Gasteiger partial charge in [0.15, 0.2) is 0 Å². The summed E-state index contributed by atoms with van der Waals surface area (Å²) in [6.45, 7) is 0.988. The van der Waals surface area contributed by atoms with Crippen LogP contribution in [0.2, 0.25) is 0 Å². The van der Waals surface area contributed by atoms with Gasteiger partial charge in [-0.05, 0) is 14.1 Å². The maximum atomic E-state index is 11.5. The smallest absolute Gasteiger partial charge is 0.304 e. The average molecular weight is 165 g/mol. The molecule has 1 heterocycles. The predicted molar refractivity (Wildman–Crippen MR) is 38.1 cm³/mol. The van der Waals surface area contributed by atoms with Gasteiger partial charge in [-0.2, -0.15) is 4.78 Å². The summed E-state index contributed by atoms with van der Waals surface area (Å²) in [4.78, 5) is 0. The highest BCUT2D eigenvalue weighted by Crippen LogP contribution is 2.53. The second-order valence-corrected chi connectivity index (χ2v) is 4.89. The van der Waals surface area contributed by atoms with Crippen LogP contribution in [0.5, 0.6) is 0 Å². The highest BCUT2D eigenvalue weighted by atomic mass is 31.2. The number of hydrogen-bond donors (Lipinski definition) is 1. The lowest BCUT2D eigenvalue weighted by molar-refractivity contribution is 0.318. The van der Waals surface area contributed by atoms with E-state index in [1.165, 1.54) is 9.45 Å². The standard InChI is InChI=1S/C4H12N3O2P/c1-6(2)10(8)7(5)3-4-9-10/h3-5H2,1-2H3/t10-/m1/s1. The first kappa shape index (κ1) is 8.17. The monoisotopic (exact) mass is 165 g/mol. The number of nitrogens with zero attached hydrogens (tertiary/aromatic N) is 2. The van der Waals surface area contributed by atoms with Crippen LogP contribution >= 0.6 is 7.67 Å². The fraction of sp³-hybridized carbons (Fsp3) is 1.00. The Labute approximate surface area is 60.3 Å². The molecule has 1 rings (SSSR count). The van der Waals surface area contributed by atoms with Crippen molar-refractivity contribution in [3.05, 3.63) is 0 Å². The molecule has 1 aliphatic rings. The average Bonchev–Trinajstić information content (AvgIpc) is 2.15. The zero-order valence-corrected chi connectivity index (χ0v) is 7.04. The maximum absolute atomic E-state index is 11.5. The first-order chi connectivity index (χ1) is 4.57. The fourth-order valence-electron chi connectivity index (χ4n) is 0.799. The van der Waals surface area contributed by atoms with E-state index in [0.717, 1.165) is 0 Å². The molecule has 10 heavy (non-hydrogen) atoms. The summed E-state index contributed by atoms with van der Waals surface area (Å²) in [5.74, 6) is 5.42. The van der Waals surface area contributed by atoms with E-state index in [1.54, 1.807) is 14.1 Å². The SMILES string of the molecule is CN(C)[P@@]1(=O)OCCN1N. The molecule has 1 saturated heterocycles. The Morgan fingerprint density at radius 2 is 2.30 bits per heavy atom. The third-order valence-electron chi connectivity index (χ3n) is 1.41. The van der Waals surface area contributed by atoms with E-state index < -0.39 is 7.67 Å². The van der Waals surface area contributed by atoms with Gasteiger partial charge in [0.1, 0.15) is 0 Å². The van der Waals surface area contributed by atoms with Crippen molar-refractivity contribution in [2.24, 2.45) is 5.84 Å². The van der Waals surface area contributed by atoms with Gasteiger partial charge in [0.05, 0.1) is 6.61 Å². The summed E-state index contributed by atoms with van der Waals surface area (Å²) in [5.41, 5.74) is 0. The molecule has 0 aromatic rings. The molecule has 0 unspecified atom stereocenters. The first-order valence-corrected chi connectivity index (χ1v) is 4.55. The minimum absolute atomic E-state index is 0.450. The Balaban J connectivity index is 2.76. The van der Waals surface area contributed by atoms with Crippen LogP contribution in [-0.4, -0.2) is 36.7 Å². The molecule has 1 atom stereocenters. The molecule has 0 aromatic heterocycles. The number of rotatable bonds is 1. The summed E-state index contributed by atoms with van der Waals surface area (Å²) in [5, 5.41) is 0. The largest absolute Gasteiger partial charge is 0.358 e. The Bertz CT molecular complexity index is 172. The Morgan fingerprint density at radius 3 is 2.50 bits per heavy atom. The molecule has 0 aliphatic carbocycles. The zero-order chi connectivity index (χ0) is 7.78. The van der Waals surface area contributed by atoms with Crippen LogP contribution in [0.25, 0.3) is 0 Å². The van der Waals surface area contributed by atoms with E-state index in [-0.39, 0.29) is 0 Å². The summed E-state index contributed by atoms with van der Waals surface area (Å²) >= 11 is 0. The lowest BCUT2D eigenvalue weighted by atomic mass is 10.7. The van der Waals surface area contributed by atoms with Crippen LogP contribution in [0.4, 0.5) is 0 Å². The van der Waals surface area contributed by atoms with Crippen LogP contribution in [0.3, 0.4) is 0 Å².